The van der Waals surface area contributed by atoms with Crippen LogP contribution in [0.1, 0.15) is 25.5 Å². The van der Waals surface area contributed by atoms with E-state index in [1.807, 2.05) is 25.1 Å². The molecule has 6 nitrogen and oxygen atoms in total. The highest BCUT2D eigenvalue weighted by molar-refractivity contribution is 5.79. The summed E-state index contributed by atoms with van der Waals surface area (Å²) in [6, 6.07) is 5.76. The van der Waals surface area contributed by atoms with Crippen molar-refractivity contribution in [1.82, 2.24) is 15.2 Å². The summed E-state index contributed by atoms with van der Waals surface area (Å²) in [5, 5.41) is 3.07. The maximum Gasteiger partial charge on any atom is 0.223 e. The van der Waals surface area contributed by atoms with Crippen LogP contribution in [0.5, 0.6) is 0 Å². The Labute approximate surface area is 149 Å². The number of nitrogens with zero attached hydrogens (tertiary/aromatic N) is 2. The predicted molar refractivity (Wildman–Crippen MR) is 95.0 cm³/mol. The third-order valence-electron chi connectivity index (χ3n) is 5.22. The number of pyridine rings is 1. The summed E-state index contributed by atoms with van der Waals surface area (Å²) in [5.41, 5.74) is 0.890. The lowest BCUT2D eigenvalue weighted by Gasteiger charge is -2.44. The van der Waals surface area contributed by atoms with Gasteiger partial charge in [-0.1, -0.05) is 6.07 Å². The van der Waals surface area contributed by atoms with Gasteiger partial charge >= 0.3 is 0 Å². The highest BCUT2D eigenvalue weighted by atomic mass is 16.5. The molecule has 0 aliphatic carbocycles. The van der Waals surface area contributed by atoms with Crippen molar-refractivity contribution in [3.63, 3.8) is 0 Å². The van der Waals surface area contributed by atoms with Crippen LogP contribution >= 0.6 is 0 Å². The maximum atomic E-state index is 12.8. The largest absolute Gasteiger partial charge is 0.380 e. The van der Waals surface area contributed by atoms with Gasteiger partial charge in [-0.25, -0.2) is 0 Å². The van der Waals surface area contributed by atoms with Gasteiger partial charge in [0.15, 0.2) is 0 Å². The maximum absolute atomic E-state index is 12.8. The van der Waals surface area contributed by atoms with Gasteiger partial charge in [0.1, 0.15) is 0 Å². The average molecular weight is 347 g/mol. The van der Waals surface area contributed by atoms with E-state index in [1.165, 1.54) is 0 Å². The van der Waals surface area contributed by atoms with Crippen LogP contribution in [-0.4, -0.2) is 61.3 Å². The number of likely N-dealkylation sites (tertiary alicyclic amines) is 1. The van der Waals surface area contributed by atoms with Gasteiger partial charge in [0.2, 0.25) is 5.91 Å². The van der Waals surface area contributed by atoms with Crippen molar-refractivity contribution in [2.24, 2.45) is 11.8 Å². The number of piperidine rings is 1. The number of ether oxygens (including phenoxy) is 2. The fraction of sp³-hybridized carbons (Fsp3) is 0.684. The molecule has 1 N–H and O–H groups in total. The standard InChI is InChI=1S/C19H29N3O3/c1-2-24-12-10-22-9-6-18-17(14-22)16(7-11-25-18)19(23)21-13-15-5-3-4-8-20-15/h3-5,8,16-18H,2,6-7,9-14H2,1H3,(H,21,23)/t16-,17+,18-/m1/s1. The molecule has 3 atom stereocenters. The summed E-state index contributed by atoms with van der Waals surface area (Å²) >= 11 is 0. The molecule has 2 aliphatic heterocycles. The van der Waals surface area contributed by atoms with Crippen molar-refractivity contribution < 1.29 is 14.3 Å². The number of carbonyl (C=O) groups excluding carboxylic acids is 1. The summed E-state index contributed by atoms with van der Waals surface area (Å²) in [5.74, 6) is 0.431. The van der Waals surface area contributed by atoms with E-state index in [9.17, 15) is 4.79 Å². The molecule has 1 aromatic heterocycles. The quantitative estimate of drug-likeness (QED) is 0.757. The Morgan fingerprint density at radius 3 is 3.16 bits per heavy atom. The van der Waals surface area contributed by atoms with Crippen molar-refractivity contribution in [3.05, 3.63) is 30.1 Å². The van der Waals surface area contributed by atoms with Gasteiger partial charge in [0.05, 0.1) is 24.9 Å². The molecule has 25 heavy (non-hydrogen) atoms. The second-order valence-corrected chi connectivity index (χ2v) is 6.79. The van der Waals surface area contributed by atoms with Crippen LogP contribution in [0.25, 0.3) is 0 Å². The van der Waals surface area contributed by atoms with Crippen molar-refractivity contribution in [2.75, 3.05) is 39.5 Å². The third-order valence-corrected chi connectivity index (χ3v) is 5.22. The fourth-order valence-electron chi connectivity index (χ4n) is 3.86. The molecule has 3 rings (SSSR count). The Morgan fingerprint density at radius 2 is 2.36 bits per heavy atom. The highest BCUT2D eigenvalue weighted by Gasteiger charge is 2.41. The lowest BCUT2D eigenvalue weighted by Crippen LogP contribution is -2.53. The number of aromatic nitrogens is 1. The van der Waals surface area contributed by atoms with Crippen molar-refractivity contribution >= 4 is 5.91 Å². The van der Waals surface area contributed by atoms with Crippen LogP contribution in [0.2, 0.25) is 0 Å². The number of hydrogen-bond donors (Lipinski definition) is 1. The van der Waals surface area contributed by atoms with Gasteiger partial charge in [0.25, 0.3) is 0 Å². The highest BCUT2D eigenvalue weighted by Crippen LogP contribution is 2.33. The summed E-state index contributed by atoms with van der Waals surface area (Å²) in [4.78, 5) is 19.4. The molecule has 6 heteroatoms. The Bertz CT molecular complexity index is 538. The van der Waals surface area contributed by atoms with E-state index in [0.717, 1.165) is 51.4 Å². The Balaban J connectivity index is 1.54. The van der Waals surface area contributed by atoms with Gasteiger partial charge in [-0.15, -0.1) is 0 Å². The number of carbonyl (C=O) groups is 1. The van der Waals surface area contributed by atoms with Crippen LogP contribution < -0.4 is 5.32 Å². The van der Waals surface area contributed by atoms with Gasteiger partial charge in [-0.3, -0.25) is 9.78 Å². The minimum Gasteiger partial charge on any atom is -0.380 e. The summed E-state index contributed by atoms with van der Waals surface area (Å²) in [7, 11) is 0. The minimum absolute atomic E-state index is 0.0253. The first-order valence-electron chi connectivity index (χ1n) is 9.37. The first-order chi connectivity index (χ1) is 12.3. The molecule has 0 spiro atoms. The Morgan fingerprint density at radius 1 is 1.44 bits per heavy atom. The monoisotopic (exact) mass is 347 g/mol. The molecule has 0 saturated carbocycles. The fourth-order valence-corrected chi connectivity index (χ4v) is 3.86. The first-order valence-corrected chi connectivity index (χ1v) is 9.37. The summed E-state index contributed by atoms with van der Waals surface area (Å²) < 4.78 is 11.4. The summed E-state index contributed by atoms with van der Waals surface area (Å²) in [6.45, 7) is 7.57. The van der Waals surface area contributed by atoms with Crippen molar-refractivity contribution in [2.45, 2.75) is 32.4 Å². The number of hydrogen-bond acceptors (Lipinski definition) is 5. The van der Waals surface area contributed by atoms with Crippen LogP contribution in [0.4, 0.5) is 0 Å². The normalized spacial score (nSPS) is 26.8. The van der Waals surface area contributed by atoms with E-state index < -0.39 is 0 Å². The molecule has 1 aromatic rings. The molecule has 0 radical (unpaired) electrons. The smallest absolute Gasteiger partial charge is 0.223 e. The average Bonchev–Trinajstić information content (AvgIpc) is 2.66. The molecule has 3 heterocycles. The van der Waals surface area contributed by atoms with Crippen LogP contribution in [0.15, 0.2) is 24.4 Å². The zero-order chi connectivity index (χ0) is 17.5. The van der Waals surface area contributed by atoms with E-state index in [1.54, 1.807) is 6.20 Å². The topological polar surface area (TPSA) is 63.7 Å². The van der Waals surface area contributed by atoms with Gasteiger partial charge in [-0.05, 0) is 31.9 Å². The molecule has 0 unspecified atom stereocenters. The molecule has 1 amide bonds. The lowest BCUT2D eigenvalue weighted by atomic mass is 9.79. The molecule has 0 bridgehead atoms. The second kappa shape index (κ2) is 9.27. The Hall–Kier alpha value is -1.50. The lowest BCUT2D eigenvalue weighted by molar-refractivity contribution is -0.142. The van der Waals surface area contributed by atoms with Crippen LogP contribution in [0, 0.1) is 11.8 Å². The Kier molecular flexibility index (Phi) is 6.78. The van der Waals surface area contributed by atoms with E-state index in [2.05, 4.69) is 15.2 Å². The molecule has 0 aromatic carbocycles. The third kappa shape index (κ3) is 5.00. The molecule has 2 aliphatic rings. The van der Waals surface area contributed by atoms with E-state index in [4.69, 9.17) is 9.47 Å². The number of amides is 1. The number of rotatable bonds is 7. The van der Waals surface area contributed by atoms with Crippen LogP contribution in [0.3, 0.4) is 0 Å². The van der Waals surface area contributed by atoms with E-state index in [0.29, 0.717) is 13.2 Å². The van der Waals surface area contributed by atoms with Gasteiger partial charge in [0, 0.05) is 50.9 Å². The van der Waals surface area contributed by atoms with Crippen LogP contribution in [-0.2, 0) is 20.8 Å². The number of nitrogens with one attached hydrogen (secondary N) is 1. The predicted octanol–water partition coefficient (Wildman–Crippen LogP) is 1.46. The molecule has 2 saturated heterocycles. The zero-order valence-corrected chi connectivity index (χ0v) is 15.0. The van der Waals surface area contributed by atoms with Gasteiger partial charge in [-0.2, -0.15) is 0 Å². The van der Waals surface area contributed by atoms with Crippen molar-refractivity contribution in [1.29, 1.82) is 0 Å². The summed E-state index contributed by atoms with van der Waals surface area (Å²) in [6.07, 6.45) is 3.77. The minimum atomic E-state index is 0.0253. The molecule has 138 valence electrons. The second-order valence-electron chi connectivity index (χ2n) is 6.79. The first kappa shape index (κ1) is 18.3. The number of fused-ring (bicyclic) bond motifs is 1. The molecule has 2 fully saturated rings. The van der Waals surface area contributed by atoms with E-state index in [-0.39, 0.29) is 23.8 Å². The van der Waals surface area contributed by atoms with E-state index >= 15 is 0 Å². The zero-order valence-electron chi connectivity index (χ0n) is 15.0. The molecular weight excluding hydrogens is 318 g/mol. The van der Waals surface area contributed by atoms with Gasteiger partial charge < -0.3 is 19.7 Å². The van der Waals surface area contributed by atoms with Crippen molar-refractivity contribution in [3.8, 4) is 0 Å². The molecular formula is C19H29N3O3. The SMILES string of the molecule is CCOCCN1CC[C@H]2OCC[C@@H](C(=O)NCc3ccccn3)[C@@H]2C1.